The van der Waals surface area contributed by atoms with Crippen molar-refractivity contribution in [2.75, 3.05) is 0 Å². The number of aliphatic hydroxyl groups excluding tert-OH is 1. The average Bonchev–Trinajstić information content (AvgIpc) is 3.27. The lowest BCUT2D eigenvalue weighted by Crippen LogP contribution is -2.58. The van der Waals surface area contributed by atoms with Crippen LogP contribution in [0.3, 0.4) is 0 Å². The van der Waals surface area contributed by atoms with Gasteiger partial charge in [-0.15, -0.1) is 0 Å². The summed E-state index contributed by atoms with van der Waals surface area (Å²) in [5, 5.41) is 35.0. The highest BCUT2D eigenvalue weighted by Crippen LogP contribution is 2.08. The Morgan fingerprint density at radius 2 is 1.54 bits per heavy atom. The summed E-state index contributed by atoms with van der Waals surface area (Å²) in [6.45, 7) is 4.96. The van der Waals surface area contributed by atoms with Crippen LogP contribution in [0.4, 0.5) is 0 Å². The smallest absolute Gasteiger partial charge is 0.326 e. The molecule has 0 bridgehead atoms. The van der Waals surface area contributed by atoms with E-state index in [-0.39, 0.29) is 25.2 Å². The molecular weight excluding hydrogens is 464 g/mol. The molecular formula is C21H34N6O8. The summed E-state index contributed by atoms with van der Waals surface area (Å²) in [4.78, 5) is 67.2. The third kappa shape index (κ3) is 10.5. The Bertz CT molecular complexity index is 873. The minimum absolute atomic E-state index is 0.0406. The van der Waals surface area contributed by atoms with Crippen LogP contribution in [0.2, 0.25) is 0 Å². The van der Waals surface area contributed by atoms with Gasteiger partial charge in [0.1, 0.15) is 24.2 Å². The summed E-state index contributed by atoms with van der Waals surface area (Å²) >= 11 is 0. The van der Waals surface area contributed by atoms with Gasteiger partial charge in [0.15, 0.2) is 0 Å². The van der Waals surface area contributed by atoms with Gasteiger partial charge in [0.2, 0.25) is 17.7 Å². The Labute approximate surface area is 202 Å². The van der Waals surface area contributed by atoms with Crippen LogP contribution >= 0.6 is 0 Å². The van der Waals surface area contributed by atoms with E-state index in [4.69, 9.17) is 10.8 Å². The largest absolute Gasteiger partial charge is 0.481 e. The SMILES string of the molecule is CC(C)C[C@H](NC(=O)[C@@H](N)[C@@H](C)O)C(=O)N[C@@H](Cc1cnc[nH]1)C(=O)N[C@@H](CCC(=O)O)C(=O)O. The van der Waals surface area contributed by atoms with Gasteiger partial charge in [0.25, 0.3) is 0 Å². The fourth-order valence-electron chi connectivity index (χ4n) is 3.09. The molecule has 0 aliphatic rings. The summed E-state index contributed by atoms with van der Waals surface area (Å²) in [5.41, 5.74) is 6.11. The van der Waals surface area contributed by atoms with E-state index in [1.54, 1.807) is 0 Å². The number of amides is 3. The third-order valence-electron chi connectivity index (χ3n) is 5.04. The number of carbonyl (C=O) groups excluding carboxylic acids is 3. The molecule has 0 spiro atoms. The zero-order valence-electron chi connectivity index (χ0n) is 19.9. The summed E-state index contributed by atoms with van der Waals surface area (Å²) in [7, 11) is 0. The van der Waals surface area contributed by atoms with Crippen LogP contribution in [-0.2, 0) is 30.4 Å². The topological polar surface area (TPSA) is 237 Å². The van der Waals surface area contributed by atoms with Crippen LogP contribution in [0, 0.1) is 5.92 Å². The number of carboxylic acids is 2. The van der Waals surface area contributed by atoms with E-state index in [9.17, 15) is 34.2 Å². The number of aliphatic carboxylic acids is 2. The van der Waals surface area contributed by atoms with Crippen molar-refractivity contribution in [3.8, 4) is 0 Å². The third-order valence-corrected chi connectivity index (χ3v) is 5.04. The molecule has 0 unspecified atom stereocenters. The molecule has 1 aromatic rings. The van der Waals surface area contributed by atoms with E-state index in [0.29, 0.717) is 5.69 Å². The fourth-order valence-corrected chi connectivity index (χ4v) is 3.09. The second-order valence-electron chi connectivity index (χ2n) is 8.63. The van der Waals surface area contributed by atoms with Crippen LogP contribution in [0.5, 0.6) is 0 Å². The number of nitrogens with zero attached hydrogens (tertiary/aromatic N) is 1. The fraction of sp³-hybridized carbons (Fsp3) is 0.619. The highest BCUT2D eigenvalue weighted by atomic mass is 16.4. The van der Waals surface area contributed by atoms with Gasteiger partial charge in [0, 0.05) is 24.7 Å². The molecule has 0 fully saturated rings. The lowest BCUT2D eigenvalue weighted by atomic mass is 10.0. The van der Waals surface area contributed by atoms with Gasteiger partial charge in [-0.2, -0.15) is 0 Å². The Balaban J connectivity index is 3.07. The molecule has 1 rings (SSSR count). The molecule has 0 saturated carbocycles. The first-order chi connectivity index (χ1) is 16.3. The number of carbonyl (C=O) groups is 5. The number of imidazole rings is 1. The van der Waals surface area contributed by atoms with Crippen LogP contribution in [-0.4, -0.2) is 85.2 Å². The van der Waals surface area contributed by atoms with Gasteiger partial charge in [-0.1, -0.05) is 13.8 Å². The number of aromatic nitrogens is 2. The second kappa shape index (κ2) is 14.0. The number of H-pyrrole nitrogens is 1. The minimum atomic E-state index is -1.49. The van der Waals surface area contributed by atoms with Crippen molar-refractivity contribution in [1.29, 1.82) is 0 Å². The number of aromatic amines is 1. The number of hydrogen-bond acceptors (Lipinski definition) is 8. The average molecular weight is 499 g/mol. The molecule has 14 nitrogen and oxygen atoms in total. The first-order valence-electron chi connectivity index (χ1n) is 11.1. The molecule has 0 aromatic carbocycles. The van der Waals surface area contributed by atoms with Crippen molar-refractivity contribution in [3.63, 3.8) is 0 Å². The number of aliphatic hydroxyl groups is 1. The Morgan fingerprint density at radius 3 is 2.03 bits per heavy atom. The van der Waals surface area contributed by atoms with E-state index < -0.39 is 66.4 Å². The lowest BCUT2D eigenvalue weighted by molar-refractivity contribution is -0.143. The molecule has 0 aliphatic carbocycles. The van der Waals surface area contributed by atoms with Gasteiger partial charge >= 0.3 is 11.9 Å². The highest BCUT2D eigenvalue weighted by molar-refractivity contribution is 5.94. The zero-order chi connectivity index (χ0) is 26.7. The summed E-state index contributed by atoms with van der Waals surface area (Å²) < 4.78 is 0. The number of nitrogens with one attached hydrogen (secondary N) is 4. The molecule has 0 aliphatic heterocycles. The summed E-state index contributed by atoms with van der Waals surface area (Å²) in [6.07, 6.45) is 0.886. The molecule has 1 heterocycles. The Kier molecular flexibility index (Phi) is 11.8. The number of carboxylic acid groups (broad SMARTS) is 2. The van der Waals surface area contributed by atoms with E-state index in [0.717, 1.165) is 0 Å². The van der Waals surface area contributed by atoms with E-state index in [2.05, 4.69) is 25.9 Å². The van der Waals surface area contributed by atoms with Gasteiger partial charge in [-0.05, 0) is 25.7 Å². The van der Waals surface area contributed by atoms with Crippen molar-refractivity contribution in [2.45, 2.75) is 76.7 Å². The zero-order valence-corrected chi connectivity index (χ0v) is 19.9. The van der Waals surface area contributed by atoms with Gasteiger partial charge in [0.05, 0.1) is 12.4 Å². The van der Waals surface area contributed by atoms with Gasteiger partial charge in [-0.3, -0.25) is 19.2 Å². The monoisotopic (exact) mass is 498 g/mol. The standard InChI is InChI=1S/C21H34N6O8/c1-10(2)6-14(27-20(33)17(22)11(3)28)18(31)26-15(7-12-8-23-9-24-12)19(32)25-13(21(34)35)4-5-16(29)30/h8-11,13-15,17,28H,4-7,22H2,1-3H3,(H,23,24)(H,25,32)(H,26,31)(H,27,33)(H,29,30)(H,34,35)/t11-,13+,14+,15+,17+/m1/s1. The molecule has 196 valence electrons. The quantitative estimate of drug-likeness (QED) is 0.134. The number of rotatable bonds is 15. The van der Waals surface area contributed by atoms with Crippen LogP contribution in [0.25, 0.3) is 0 Å². The Hall–Kier alpha value is -3.52. The van der Waals surface area contributed by atoms with Gasteiger partial charge < -0.3 is 42.0 Å². The van der Waals surface area contributed by atoms with Crippen molar-refractivity contribution in [2.24, 2.45) is 11.7 Å². The van der Waals surface area contributed by atoms with Crippen molar-refractivity contribution in [3.05, 3.63) is 18.2 Å². The molecule has 14 heteroatoms. The number of nitrogens with two attached hydrogens (primary N) is 1. The highest BCUT2D eigenvalue weighted by Gasteiger charge is 2.31. The molecule has 0 radical (unpaired) electrons. The maximum Gasteiger partial charge on any atom is 0.326 e. The van der Waals surface area contributed by atoms with Crippen molar-refractivity contribution in [1.82, 2.24) is 25.9 Å². The van der Waals surface area contributed by atoms with E-state index in [1.807, 2.05) is 13.8 Å². The summed E-state index contributed by atoms with van der Waals surface area (Å²) in [5.74, 6) is -5.03. The second-order valence-corrected chi connectivity index (χ2v) is 8.63. The maximum absolute atomic E-state index is 13.1. The molecule has 9 N–H and O–H groups in total. The minimum Gasteiger partial charge on any atom is -0.481 e. The molecule has 0 saturated heterocycles. The predicted molar refractivity (Wildman–Crippen MR) is 122 cm³/mol. The molecule has 5 atom stereocenters. The predicted octanol–water partition coefficient (Wildman–Crippen LogP) is -1.89. The molecule has 35 heavy (non-hydrogen) atoms. The van der Waals surface area contributed by atoms with Gasteiger partial charge in [-0.25, -0.2) is 9.78 Å². The lowest BCUT2D eigenvalue weighted by Gasteiger charge is -2.26. The molecule has 1 aromatic heterocycles. The van der Waals surface area contributed by atoms with Crippen molar-refractivity contribution >= 4 is 29.7 Å². The van der Waals surface area contributed by atoms with E-state index in [1.165, 1.54) is 19.4 Å². The first kappa shape index (κ1) is 29.5. The van der Waals surface area contributed by atoms with E-state index >= 15 is 0 Å². The normalized spacial score (nSPS) is 15.4. The maximum atomic E-state index is 13.1. The number of hydrogen-bond donors (Lipinski definition) is 8. The van der Waals surface area contributed by atoms with Crippen LogP contribution < -0.4 is 21.7 Å². The van der Waals surface area contributed by atoms with Crippen LogP contribution in [0.1, 0.15) is 45.7 Å². The summed E-state index contributed by atoms with van der Waals surface area (Å²) in [6, 6.07) is -5.12. The molecule has 3 amide bonds. The van der Waals surface area contributed by atoms with Crippen molar-refractivity contribution < 1.29 is 39.3 Å². The van der Waals surface area contributed by atoms with Crippen LogP contribution in [0.15, 0.2) is 12.5 Å². The first-order valence-corrected chi connectivity index (χ1v) is 11.1. The Morgan fingerprint density at radius 1 is 0.971 bits per heavy atom.